The van der Waals surface area contributed by atoms with Crippen LogP contribution in [0.4, 0.5) is 11.4 Å². The summed E-state index contributed by atoms with van der Waals surface area (Å²) in [6.07, 6.45) is 0. The van der Waals surface area contributed by atoms with Gasteiger partial charge in [0.25, 0.3) is 0 Å². The highest BCUT2D eigenvalue weighted by molar-refractivity contribution is 7.08. The van der Waals surface area contributed by atoms with Gasteiger partial charge in [-0.15, -0.1) is 0 Å². The molecule has 0 amide bonds. The van der Waals surface area contributed by atoms with Gasteiger partial charge in [-0.3, -0.25) is 0 Å². The Morgan fingerprint density at radius 2 is 2.18 bits per heavy atom. The van der Waals surface area contributed by atoms with Crippen LogP contribution in [0.15, 0.2) is 29.0 Å². The van der Waals surface area contributed by atoms with Crippen molar-refractivity contribution in [3.8, 4) is 5.75 Å². The molecule has 0 spiro atoms. The van der Waals surface area contributed by atoms with Crippen LogP contribution in [0.2, 0.25) is 0 Å². The predicted molar refractivity (Wildman–Crippen MR) is 73.8 cm³/mol. The van der Waals surface area contributed by atoms with Gasteiger partial charge in [-0.2, -0.15) is 11.3 Å². The smallest absolute Gasteiger partial charge is 0.121 e. The summed E-state index contributed by atoms with van der Waals surface area (Å²) in [7, 11) is 1.65. The molecule has 1 heterocycles. The SMILES string of the molecule is COc1ccc(N)c(NCc2cscc2C)c1. The lowest BCUT2D eigenvalue weighted by atomic mass is 10.2. The zero-order chi connectivity index (χ0) is 12.3. The normalized spacial score (nSPS) is 10.2. The molecule has 3 nitrogen and oxygen atoms in total. The monoisotopic (exact) mass is 248 g/mol. The van der Waals surface area contributed by atoms with E-state index in [1.54, 1.807) is 18.4 Å². The first-order valence-electron chi connectivity index (χ1n) is 5.39. The van der Waals surface area contributed by atoms with Gasteiger partial charge in [0, 0.05) is 12.6 Å². The highest BCUT2D eigenvalue weighted by atomic mass is 32.1. The van der Waals surface area contributed by atoms with Gasteiger partial charge in [-0.05, 0) is 40.9 Å². The Morgan fingerprint density at radius 1 is 1.35 bits per heavy atom. The number of nitrogens with one attached hydrogen (secondary N) is 1. The number of thiophene rings is 1. The lowest BCUT2D eigenvalue weighted by Crippen LogP contribution is -2.02. The van der Waals surface area contributed by atoms with Crippen molar-refractivity contribution in [2.75, 3.05) is 18.2 Å². The third-order valence-corrected chi connectivity index (χ3v) is 3.60. The van der Waals surface area contributed by atoms with Crippen LogP contribution in [0.3, 0.4) is 0 Å². The van der Waals surface area contributed by atoms with Crippen LogP contribution in [-0.2, 0) is 6.54 Å². The summed E-state index contributed by atoms with van der Waals surface area (Å²) in [4.78, 5) is 0. The average Bonchev–Trinajstić information content (AvgIpc) is 2.74. The Bertz CT molecular complexity index is 508. The first-order chi connectivity index (χ1) is 8.20. The second-order valence-corrected chi connectivity index (χ2v) is 4.63. The number of hydrogen-bond donors (Lipinski definition) is 2. The fraction of sp³-hybridized carbons (Fsp3) is 0.231. The molecule has 2 rings (SSSR count). The Balaban J connectivity index is 2.11. The van der Waals surface area contributed by atoms with Gasteiger partial charge in [-0.25, -0.2) is 0 Å². The predicted octanol–water partition coefficient (Wildman–Crippen LogP) is 3.26. The van der Waals surface area contributed by atoms with Crippen molar-refractivity contribution in [1.29, 1.82) is 0 Å². The number of benzene rings is 1. The van der Waals surface area contributed by atoms with Crippen molar-refractivity contribution in [2.24, 2.45) is 0 Å². The van der Waals surface area contributed by atoms with E-state index in [9.17, 15) is 0 Å². The Kier molecular flexibility index (Phi) is 3.54. The zero-order valence-electron chi connectivity index (χ0n) is 9.99. The largest absolute Gasteiger partial charge is 0.497 e. The molecule has 0 radical (unpaired) electrons. The number of nitrogen functional groups attached to an aromatic ring is 1. The van der Waals surface area contributed by atoms with Crippen LogP contribution in [-0.4, -0.2) is 7.11 Å². The van der Waals surface area contributed by atoms with Gasteiger partial charge in [0.1, 0.15) is 5.75 Å². The summed E-state index contributed by atoms with van der Waals surface area (Å²) in [5.41, 5.74) is 10.2. The Hall–Kier alpha value is -1.68. The topological polar surface area (TPSA) is 47.3 Å². The number of hydrogen-bond acceptors (Lipinski definition) is 4. The maximum atomic E-state index is 5.91. The van der Waals surface area contributed by atoms with Crippen molar-refractivity contribution in [2.45, 2.75) is 13.5 Å². The average molecular weight is 248 g/mol. The molecule has 90 valence electrons. The minimum Gasteiger partial charge on any atom is -0.497 e. The van der Waals surface area contributed by atoms with E-state index < -0.39 is 0 Å². The molecule has 0 aliphatic heterocycles. The van der Waals surface area contributed by atoms with Gasteiger partial charge in [-0.1, -0.05) is 0 Å². The van der Waals surface area contributed by atoms with E-state index in [1.807, 2.05) is 18.2 Å². The van der Waals surface area contributed by atoms with Crippen molar-refractivity contribution >= 4 is 22.7 Å². The minimum absolute atomic E-state index is 0.735. The fourth-order valence-corrected chi connectivity index (χ4v) is 2.43. The lowest BCUT2D eigenvalue weighted by Gasteiger charge is -2.10. The van der Waals surface area contributed by atoms with Crippen LogP contribution in [0, 0.1) is 6.92 Å². The molecule has 17 heavy (non-hydrogen) atoms. The van der Waals surface area contributed by atoms with Gasteiger partial charge in [0.2, 0.25) is 0 Å². The van der Waals surface area contributed by atoms with E-state index in [0.717, 1.165) is 23.7 Å². The first-order valence-corrected chi connectivity index (χ1v) is 6.34. The standard InChI is InChI=1S/C13H16N2OS/c1-9-7-17-8-10(9)6-15-13-5-11(16-2)3-4-12(13)14/h3-5,7-8,15H,6,14H2,1-2H3. The Labute approximate surface area is 105 Å². The van der Waals surface area contributed by atoms with Crippen molar-refractivity contribution < 1.29 is 4.74 Å². The van der Waals surface area contributed by atoms with E-state index >= 15 is 0 Å². The van der Waals surface area contributed by atoms with Crippen LogP contribution < -0.4 is 15.8 Å². The number of anilines is 2. The molecule has 3 N–H and O–H groups in total. The van der Waals surface area contributed by atoms with E-state index in [2.05, 4.69) is 23.0 Å². The lowest BCUT2D eigenvalue weighted by molar-refractivity contribution is 0.415. The van der Waals surface area contributed by atoms with Gasteiger partial charge in [0.05, 0.1) is 18.5 Å². The van der Waals surface area contributed by atoms with Crippen LogP contribution in [0.1, 0.15) is 11.1 Å². The van der Waals surface area contributed by atoms with E-state index in [-0.39, 0.29) is 0 Å². The third-order valence-electron chi connectivity index (χ3n) is 2.69. The molecule has 0 unspecified atom stereocenters. The van der Waals surface area contributed by atoms with E-state index in [1.165, 1.54) is 11.1 Å². The second kappa shape index (κ2) is 5.10. The first kappa shape index (κ1) is 11.8. The summed E-state index contributed by atoms with van der Waals surface area (Å²) in [5.74, 6) is 0.809. The number of nitrogens with two attached hydrogens (primary N) is 1. The summed E-state index contributed by atoms with van der Waals surface area (Å²) >= 11 is 1.72. The molecule has 0 aliphatic rings. The van der Waals surface area contributed by atoms with Gasteiger partial charge < -0.3 is 15.8 Å². The third kappa shape index (κ3) is 2.71. The van der Waals surface area contributed by atoms with Crippen molar-refractivity contribution in [3.05, 3.63) is 40.1 Å². The molecule has 0 fully saturated rings. The van der Waals surface area contributed by atoms with E-state index in [4.69, 9.17) is 10.5 Å². The van der Waals surface area contributed by atoms with Crippen LogP contribution in [0.25, 0.3) is 0 Å². The minimum atomic E-state index is 0.735. The number of methoxy groups -OCH3 is 1. The van der Waals surface area contributed by atoms with Crippen LogP contribution >= 0.6 is 11.3 Å². The quantitative estimate of drug-likeness (QED) is 0.816. The molecule has 0 atom stereocenters. The summed E-state index contributed by atoms with van der Waals surface area (Å²) in [6, 6.07) is 5.62. The zero-order valence-corrected chi connectivity index (χ0v) is 10.8. The maximum absolute atomic E-state index is 5.91. The highest BCUT2D eigenvalue weighted by Gasteiger charge is 2.03. The number of rotatable bonds is 4. The molecule has 2 aromatic rings. The maximum Gasteiger partial charge on any atom is 0.121 e. The molecule has 0 saturated carbocycles. The molecule has 4 heteroatoms. The molecule has 0 aliphatic carbocycles. The molecular weight excluding hydrogens is 232 g/mol. The number of aryl methyl sites for hydroxylation is 1. The van der Waals surface area contributed by atoms with Crippen molar-refractivity contribution in [1.82, 2.24) is 0 Å². The van der Waals surface area contributed by atoms with Crippen molar-refractivity contribution in [3.63, 3.8) is 0 Å². The number of ether oxygens (including phenoxy) is 1. The van der Waals surface area contributed by atoms with Gasteiger partial charge >= 0.3 is 0 Å². The second-order valence-electron chi connectivity index (χ2n) is 3.89. The Morgan fingerprint density at radius 3 is 2.82 bits per heavy atom. The summed E-state index contributed by atoms with van der Waals surface area (Å²) in [6.45, 7) is 2.90. The molecule has 0 bridgehead atoms. The molecular formula is C13H16N2OS. The summed E-state index contributed by atoms with van der Waals surface area (Å²) < 4.78 is 5.18. The molecule has 0 saturated heterocycles. The fourth-order valence-electron chi connectivity index (χ4n) is 1.57. The van der Waals surface area contributed by atoms with Gasteiger partial charge in [0.15, 0.2) is 0 Å². The summed E-state index contributed by atoms with van der Waals surface area (Å²) in [5, 5.41) is 7.63. The molecule has 1 aromatic carbocycles. The van der Waals surface area contributed by atoms with E-state index in [0.29, 0.717) is 0 Å². The highest BCUT2D eigenvalue weighted by Crippen LogP contribution is 2.25. The molecule has 1 aromatic heterocycles. The van der Waals surface area contributed by atoms with Crippen LogP contribution in [0.5, 0.6) is 5.75 Å².